The summed E-state index contributed by atoms with van der Waals surface area (Å²) in [5, 5.41) is 27.2. The number of carbonyl (C=O) groups excluding carboxylic acids is 3. The van der Waals surface area contributed by atoms with Gasteiger partial charge in [0.2, 0.25) is 11.8 Å². The summed E-state index contributed by atoms with van der Waals surface area (Å²) in [6.45, 7) is 11.2. The van der Waals surface area contributed by atoms with Crippen LogP contribution in [0.2, 0.25) is 0 Å². The first kappa shape index (κ1) is 31.2. The molecule has 40 heavy (non-hydrogen) atoms. The number of benzene rings is 2. The summed E-state index contributed by atoms with van der Waals surface area (Å²) in [7, 11) is 0. The van der Waals surface area contributed by atoms with Crippen LogP contribution in [0.1, 0.15) is 67.6 Å². The molecule has 1 unspecified atom stereocenters. The Morgan fingerprint density at radius 1 is 1.02 bits per heavy atom. The SMILES string of the molecule is CC.CC.O=C1CCC(N2C(=O)c3cccc(NCc4cccc(CN5CCOCC5)c4F)c3C2(O)O)C(=O)N1. The van der Waals surface area contributed by atoms with E-state index in [4.69, 9.17) is 4.74 Å². The van der Waals surface area contributed by atoms with Crippen molar-refractivity contribution < 1.29 is 33.7 Å². The Labute approximate surface area is 234 Å². The maximum absolute atomic E-state index is 15.3. The Balaban J connectivity index is 0.00000106. The molecule has 0 spiro atoms. The smallest absolute Gasteiger partial charge is 0.281 e. The number of hydrogen-bond acceptors (Lipinski definition) is 8. The van der Waals surface area contributed by atoms with Crippen molar-refractivity contribution in [2.75, 3.05) is 31.6 Å². The molecule has 1 atom stereocenters. The van der Waals surface area contributed by atoms with Crippen LogP contribution < -0.4 is 10.6 Å². The van der Waals surface area contributed by atoms with E-state index in [0.717, 1.165) is 13.1 Å². The van der Waals surface area contributed by atoms with Crippen LogP contribution in [0.25, 0.3) is 0 Å². The zero-order chi connectivity index (χ0) is 29.4. The number of imide groups is 1. The van der Waals surface area contributed by atoms with E-state index in [-0.39, 0.29) is 42.0 Å². The molecule has 10 nitrogen and oxygen atoms in total. The molecule has 3 aliphatic rings. The van der Waals surface area contributed by atoms with Crippen LogP contribution in [-0.2, 0) is 33.3 Å². The first-order chi connectivity index (χ1) is 19.3. The first-order valence-electron chi connectivity index (χ1n) is 13.8. The third-order valence-corrected chi connectivity index (χ3v) is 6.83. The lowest BCUT2D eigenvalue weighted by Crippen LogP contribution is -2.58. The molecule has 3 aliphatic heterocycles. The number of nitrogens with one attached hydrogen (secondary N) is 2. The highest BCUT2D eigenvalue weighted by Crippen LogP contribution is 2.42. The molecule has 5 rings (SSSR count). The summed E-state index contributed by atoms with van der Waals surface area (Å²) < 4.78 is 20.6. The van der Waals surface area contributed by atoms with Crippen LogP contribution in [0, 0.1) is 5.82 Å². The number of morpholine rings is 1. The van der Waals surface area contributed by atoms with Crippen molar-refractivity contribution in [3.63, 3.8) is 0 Å². The summed E-state index contributed by atoms with van der Waals surface area (Å²) in [6.07, 6.45) is -0.0606. The Hall–Kier alpha value is -3.38. The van der Waals surface area contributed by atoms with Gasteiger partial charge < -0.3 is 20.3 Å². The van der Waals surface area contributed by atoms with Gasteiger partial charge in [0.1, 0.15) is 11.9 Å². The molecule has 0 aliphatic carbocycles. The van der Waals surface area contributed by atoms with Gasteiger partial charge in [0.15, 0.2) is 0 Å². The van der Waals surface area contributed by atoms with Crippen LogP contribution in [0.5, 0.6) is 0 Å². The minimum atomic E-state index is -2.80. The Morgan fingerprint density at radius 2 is 1.68 bits per heavy atom. The van der Waals surface area contributed by atoms with Gasteiger partial charge in [-0.3, -0.25) is 29.5 Å². The van der Waals surface area contributed by atoms with Crippen LogP contribution in [-0.4, -0.2) is 70.1 Å². The van der Waals surface area contributed by atoms with Gasteiger partial charge in [-0.25, -0.2) is 4.39 Å². The van der Waals surface area contributed by atoms with E-state index in [1.807, 2.05) is 27.7 Å². The number of piperidine rings is 1. The van der Waals surface area contributed by atoms with Gasteiger partial charge in [-0.05, 0) is 18.6 Å². The highest BCUT2D eigenvalue weighted by atomic mass is 19.1. The van der Waals surface area contributed by atoms with Crippen LogP contribution >= 0.6 is 0 Å². The van der Waals surface area contributed by atoms with Gasteiger partial charge >= 0.3 is 0 Å². The molecular formula is C29H39FN4O6. The molecule has 3 amide bonds. The quantitative estimate of drug-likeness (QED) is 0.315. The zero-order valence-electron chi connectivity index (χ0n) is 23.5. The average Bonchev–Trinajstić information content (AvgIpc) is 3.17. The number of aliphatic hydroxyl groups is 2. The van der Waals surface area contributed by atoms with E-state index < -0.39 is 29.7 Å². The molecule has 2 aromatic carbocycles. The van der Waals surface area contributed by atoms with E-state index in [1.165, 1.54) is 6.07 Å². The Kier molecular flexibility index (Phi) is 10.7. The Bertz CT molecular complexity index is 1220. The predicted molar refractivity (Wildman–Crippen MR) is 147 cm³/mol. The topological polar surface area (TPSA) is 131 Å². The number of fused-ring (bicyclic) bond motifs is 1. The molecule has 0 saturated carbocycles. The van der Waals surface area contributed by atoms with Crippen molar-refractivity contribution in [1.82, 2.24) is 15.1 Å². The van der Waals surface area contributed by atoms with Crippen molar-refractivity contribution in [3.05, 3.63) is 64.5 Å². The summed E-state index contributed by atoms with van der Waals surface area (Å²) in [5.41, 5.74) is 1.04. The van der Waals surface area contributed by atoms with Crippen LogP contribution in [0.15, 0.2) is 36.4 Å². The van der Waals surface area contributed by atoms with Gasteiger partial charge in [0.25, 0.3) is 11.8 Å². The zero-order valence-corrected chi connectivity index (χ0v) is 23.5. The minimum absolute atomic E-state index is 0.0104. The molecule has 218 valence electrons. The maximum Gasteiger partial charge on any atom is 0.281 e. The molecule has 0 radical (unpaired) electrons. The highest BCUT2D eigenvalue weighted by molar-refractivity contribution is 6.06. The molecular weight excluding hydrogens is 519 g/mol. The van der Waals surface area contributed by atoms with Crippen molar-refractivity contribution in [3.8, 4) is 0 Å². The molecule has 11 heteroatoms. The van der Waals surface area contributed by atoms with Crippen LogP contribution in [0.4, 0.5) is 10.1 Å². The first-order valence-corrected chi connectivity index (χ1v) is 13.8. The Morgan fingerprint density at radius 3 is 2.35 bits per heavy atom. The molecule has 2 aromatic rings. The maximum atomic E-state index is 15.3. The molecule has 4 N–H and O–H groups in total. The monoisotopic (exact) mass is 558 g/mol. The molecule has 3 heterocycles. The fourth-order valence-electron chi connectivity index (χ4n) is 5.00. The fraction of sp³-hybridized carbons (Fsp3) is 0.483. The lowest BCUT2D eigenvalue weighted by atomic mass is 10.0. The number of carbonyl (C=O) groups is 3. The van der Waals surface area contributed by atoms with E-state index >= 15 is 4.39 Å². The largest absolute Gasteiger partial charge is 0.380 e. The number of hydrogen-bond donors (Lipinski definition) is 4. The second-order valence-corrected chi connectivity index (χ2v) is 9.14. The van der Waals surface area contributed by atoms with Gasteiger partial charge in [0.05, 0.1) is 24.3 Å². The standard InChI is InChI=1S/C25H27FN4O6.2C2H6/c26-22-15(3-1-4-16(22)14-29-9-11-36-12-10-29)13-27-18-6-2-5-17-21(18)25(34,35)30(24(17)33)19-7-8-20(31)28-23(19)32;2*1-2/h1-6,19,27,34-35H,7-14H2,(H,28,31,32);2*1-2H3. The summed E-state index contributed by atoms with van der Waals surface area (Å²) in [5.74, 6) is -5.15. The summed E-state index contributed by atoms with van der Waals surface area (Å²) >= 11 is 0. The third kappa shape index (κ3) is 6.33. The fourth-order valence-corrected chi connectivity index (χ4v) is 5.00. The molecule has 0 bridgehead atoms. The van der Waals surface area contributed by atoms with Crippen molar-refractivity contribution >= 4 is 23.4 Å². The molecule has 2 saturated heterocycles. The van der Waals surface area contributed by atoms with Gasteiger partial charge in [-0.2, -0.15) is 0 Å². The van der Waals surface area contributed by atoms with Crippen molar-refractivity contribution in [1.29, 1.82) is 0 Å². The molecule has 0 aromatic heterocycles. The van der Waals surface area contributed by atoms with Gasteiger partial charge in [0, 0.05) is 49.4 Å². The van der Waals surface area contributed by atoms with E-state index in [2.05, 4.69) is 15.5 Å². The van der Waals surface area contributed by atoms with E-state index in [9.17, 15) is 24.6 Å². The number of halogens is 1. The molecule has 2 fully saturated rings. The number of nitrogens with zero attached hydrogens (tertiary/aromatic N) is 2. The summed E-state index contributed by atoms with van der Waals surface area (Å²) in [6, 6.07) is 8.46. The van der Waals surface area contributed by atoms with E-state index in [1.54, 1.807) is 30.3 Å². The normalized spacial score (nSPS) is 20.0. The number of anilines is 1. The van der Waals surface area contributed by atoms with Crippen molar-refractivity contribution in [2.24, 2.45) is 0 Å². The second kappa shape index (κ2) is 13.8. The van der Waals surface area contributed by atoms with Crippen LogP contribution in [0.3, 0.4) is 0 Å². The average molecular weight is 559 g/mol. The number of ether oxygens (including phenoxy) is 1. The number of amides is 3. The lowest BCUT2D eigenvalue weighted by molar-refractivity contribution is -0.258. The second-order valence-electron chi connectivity index (χ2n) is 9.14. The third-order valence-electron chi connectivity index (χ3n) is 6.83. The highest BCUT2D eigenvalue weighted by Gasteiger charge is 2.54. The lowest BCUT2D eigenvalue weighted by Gasteiger charge is -2.36. The predicted octanol–water partition coefficient (Wildman–Crippen LogP) is 2.68. The van der Waals surface area contributed by atoms with Gasteiger partial charge in [-0.15, -0.1) is 0 Å². The summed E-state index contributed by atoms with van der Waals surface area (Å²) in [4.78, 5) is 39.8. The van der Waals surface area contributed by atoms with Crippen molar-refractivity contribution in [2.45, 2.75) is 65.6 Å². The minimum Gasteiger partial charge on any atom is -0.380 e. The number of rotatable bonds is 6. The van der Waals surface area contributed by atoms with Gasteiger partial charge in [-0.1, -0.05) is 52.0 Å². The van der Waals surface area contributed by atoms with E-state index in [0.29, 0.717) is 35.8 Å².